The third-order valence-electron chi connectivity index (χ3n) is 11.5. The van der Waals surface area contributed by atoms with E-state index in [-0.39, 0.29) is 61.0 Å². The molecule has 0 aliphatic heterocycles. The van der Waals surface area contributed by atoms with Gasteiger partial charge in [0, 0.05) is 41.2 Å². The molecule has 17 nitrogen and oxygen atoms in total. The van der Waals surface area contributed by atoms with E-state index >= 15 is 4.79 Å². The maximum atomic E-state index is 15.1. The Morgan fingerprint density at radius 3 is 2.08 bits per heavy atom. The predicted octanol–water partition coefficient (Wildman–Crippen LogP) is 7.63. The smallest absolute Gasteiger partial charge is 0.322 e. The molecular formula is C56H61N7O10. The van der Waals surface area contributed by atoms with Crippen molar-refractivity contribution in [2.24, 2.45) is 5.92 Å². The lowest BCUT2D eigenvalue weighted by Crippen LogP contribution is -2.35. The molecule has 3 amide bonds. The van der Waals surface area contributed by atoms with Crippen molar-refractivity contribution in [3.63, 3.8) is 0 Å². The molecule has 0 atom stereocenters. The van der Waals surface area contributed by atoms with Gasteiger partial charge in [0.15, 0.2) is 0 Å². The SMILES string of the molecule is CC(C)CN(C(=O)c1ccc(N(Cc2cccc3ccccc23)C(=O)c2ccc(NCc3ccccc3)cc2)c(OCc2cn(CCOCCOCCOCCO)nn2)c1)c1ccc(C(=O)NCC(=O)O)cc1. The van der Waals surface area contributed by atoms with Gasteiger partial charge in [0.2, 0.25) is 0 Å². The standard InChI is InChI=1S/C56H61N7O10/c1-40(2)36-62(49-22-17-43(18-23-49)54(67)58-35-53(65)66)56(69)45-19-24-51(52(33-45)73-39-48-38-61(60-59-48)25-27-70-29-31-72-32-30-71-28-26-64)63(37-46-13-8-12-42-11-6-7-14-50(42)46)55(68)44-15-20-47(21-16-44)57-34-41-9-4-3-5-10-41/h3-24,33,38,40,57,64H,25-32,34-37,39H2,1-2H3,(H,58,67)(H,65,66). The summed E-state index contributed by atoms with van der Waals surface area (Å²) in [5, 5.41) is 34.3. The number of hydrogen-bond acceptors (Lipinski definition) is 12. The summed E-state index contributed by atoms with van der Waals surface area (Å²) >= 11 is 0. The van der Waals surface area contributed by atoms with Crippen molar-refractivity contribution in [3.8, 4) is 5.75 Å². The average Bonchev–Trinajstić information content (AvgIpc) is 3.88. The Hall–Kier alpha value is -7.96. The molecule has 6 aromatic carbocycles. The minimum absolute atomic E-state index is 0.0361. The third-order valence-corrected chi connectivity index (χ3v) is 11.5. The minimum Gasteiger partial charge on any atom is -0.485 e. The number of nitrogens with one attached hydrogen (secondary N) is 2. The van der Waals surface area contributed by atoms with Crippen molar-refractivity contribution in [2.45, 2.75) is 40.1 Å². The van der Waals surface area contributed by atoms with E-state index in [0.29, 0.717) is 75.3 Å². The number of nitrogens with zero attached hydrogens (tertiary/aromatic N) is 5. The molecule has 0 bridgehead atoms. The maximum absolute atomic E-state index is 15.1. The van der Waals surface area contributed by atoms with Gasteiger partial charge < -0.3 is 49.6 Å². The number of amides is 3. The number of aromatic nitrogens is 3. The molecule has 0 aliphatic rings. The molecule has 7 aromatic rings. The highest BCUT2D eigenvalue weighted by molar-refractivity contribution is 6.10. The highest BCUT2D eigenvalue weighted by Crippen LogP contribution is 2.35. The second-order valence-corrected chi connectivity index (χ2v) is 17.4. The van der Waals surface area contributed by atoms with Crippen LogP contribution in [-0.2, 0) is 45.2 Å². The molecule has 1 heterocycles. The number of aliphatic hydroxyl groups excluding tert-OH is 1. The van der Waals surface area contributed by atoms with Crippen LogP contribution in [0.1, 0.15) is 61.7 Å². The highest BCUT2D eigenvalue weighted by Gasteiger charge is 2.27. The molecule has 1 aromatic heterocycles. The summed E-state index contributed by atoms with van der Waals surface area (Å²) in [6.07, 6.45) is 1.75. The number of rotatable bonds is 28. The van der Waals surface area contributed by atoms with E-state index in [2.05, 4.69) is 20.9 Å². The Bertz CT molecular complexity index is 2890. The monoisotopic (exact) mass is 991 g/mol. The number of fused-ring (bicyclic) bond motifs is 1. The van der Waals surface area contributed by atoms with Gasteiger partial charge in [-0.05, 0) is 94.5 Å². The topological polar surface area (TPSA) is 207 Å². The van der Waals surface area contributed by atoms with Gasteiger partial charge in [0.1, 0.15) is 24.6 Å². The fraction of sp³-hybridized carbons (Fsp3) is 0.286. The van der Waals surface area contributed by atoms with Gasteiger partial charge in [-0.25, -0.2) is 4.68 Å². The van der Waals surface area contributed by atoms with E-state index in [1.165, 1.54) is 0 Å². The molecule has 0 unspecified atom stereocenters. The lowest BCUT2D eigenvalue weighted by atomic mass is 10.0. The number of aliphatic carboxylic acids is 1. The molecule has 0 radical (unpaired) electrons. The van der Waals surface area contributed by atoms with Crippen LogP contribution in [0.25, 0.3) is 10.8 Å². The van der Waals surface area contributed by atoms with Gasteiger partial charge >= 0.3 is 5.97 Å². The normalized spacial score (nSPS) is 11.1. The largest absolute Gasteiger partial charge is 0.485 e. The summed E-state index contributed by atoms with van der Waals surface area (Å²) in [5.41, 5.74) is 5.24. The van der Waals surface area contributed by atoms with Crippen LogP contribution in [0.4, 0.5) is 17.1 Å². The maximum Gasteiger partial charge on any atom is 0.322 e. The molecule has 17 heteroatoms. The second kappa shape index (κ2) is 27.0. The first-order valence-electron chi connectivity index (χ1n) is 24.1. The number of carbonyl (C=O) groups is 4. The molecule has 0 saturated carbocycles. The van der Waals surface area contributed by atoms with Gasteiger partial charge in [0.05, 0.1) is 71.2 Å². The van der Waals surface area contributed by atoms with Crippen LogP contribution in [-0.4, -0.2) is 108 Å². The molecule has 0 aliphatic carbocycles. The van der Waals surface area contributed by atoms with E-state index in [0.717, 1.165) is 27.6 Å². The van der Waals surface area contributed by atoms with Crippen LogP contribution in [0.3, 0.4) is 0 Å². The molecule has 0 saturated heterocycles. The number of ether oxygens (including phenoxy) is 4. The van der Waals surface area contributed by atoms with E-state index in [4.69, 9.17) is 29.2 Å². The van der Waals surface area contributed by atoms with Crippen LogP contribution < -0.4 is 25.2 Å². The summed E-state index contributed by atoms with van der Waals surface area (Å²) in [6, 6.07) is 42.8. The summed E-state index contributed by atoms with van der Waals surface area (Å²) < 4.78 is 24.7. The second-order valence-electron chi connectivity index (χ2n) is 17.4. The summed E-state index contributed by atoms with van der Waals surface area (Å²) in [4.78, 5) is 56.9. The fourth-order valence-electron chi connectivity index (χ4n) is 7.85. The van der Waals surface area contributed by atoms with Crippen LogP contribution in [0.15, 0.2) is 146 Å². The minimum atomic E-state index is -1.17. The number of hydrogen-bond donors (Lipinski definition) is 4. The van der Waals surface area contributed by atoms with Crippen molar-refractivity contribution in [1.29, 1.82) is 0 Å². The molecule has 73 heavy (non-hydrogen) atoms. The van der Waals surface area contributed by atoms with Gasteiger partial charge in [-0.3, -0.25) is 19.2 Å². The van der Waals surface area contributed by atoms with E-state index < -0.39 is 18.4 Å². The average molecular weight is 992 g/mol. The molecule has 0 fully saturated rings. The van der Waals surface area contributed by atoms with Crippen molar-refractivity contribution < 1.29 is 48.3 Å². The van der Waals surface area contributed by atoms with Crippen LogP contribution >= 0.6 is 0 Å². The summed E-state index contributed by atoms with van der Waals surface area (Å²) in [7, 11) is 0. The first-order chi connectivity index (χ1) is 35.6. The van der Waals surface area contributed by atoms with Gasteiger partial charge in [-0.1, -0.05) is 91.9 Å². The van der Waals surface area contributed by atoms with E-state index in [1.807, 2.05) is 98.8 Å². The Morgan fingerprint density at radius 2 is 1.36 bits per heavy atom. The first-order valence-corrected chi connectivity index (χ1v) is 24.1. The molecule has 7 rings (SSSR count). The van der Waals surface area contributed by atoms with Gasteiger partial charge in [0.25, 0.3) is 17.7 Å². The number of carbonyl (C=O) groups excluding carboxylic acids is 3. The van der Waals surface area contributed by atoms with Crippen LogP contribution in [0.5, 0.6) is 5.75 Å². The van der Waals surface area contributed by atoms with Crippen molar-refractivity contribution in [3.05, 3.63) is 179 Å². The van der Waals surface area contributed by atoms with E-state index in [1.54, 1.807) is 75.3 Å². The summed E-state index contributed by atoms with van der Waals surface area (Å²) in [6.45, 7) is 7.02. The first kappa shape index (κ1) is 52.9. The zero-order valence-electron chi connectivity index (χ0n) is 41.0. The zero-order valence-corrected chi connectivity index (χ0v) is 41.0. The Kier molecular flexibility index (Phi) is 19.6. The number of carboxylic acid groups (broad SMARTS) is 1. The Labute approximate surface area is 424 Å². The van der Waals surface area contributed by atoms with Crippen molar-refractivity contribution in [1.82, 2.24) is 20.3 Å². The number of anilines is 3. The lowest BCUT2D eigenvalue weighted by Gasteiger charge is -2.28. The van der Waals surface area contributed by atoms with E-state index in [9.17, 15) is 14.4 Å². The molecular weight excluding hydrogens is 931 g/mol. The molecule has 4 N–H and O–H groups in total. The number of benzene rings is 6. The fourth-order valence-corrected chi connectivity index (χ4v) is 7.85. The highest BCUT2D eigenvalue weighted by atomic mass is 16.5. The summed E-state index contributed by atoms with van der Waals surface area (Å²) in [5.74, 6) is -2.10. The molecule has 380 valence electrons. The quantitative estimate of drug-likeness (QED) is 0.0349. The predicted molar refractivity (Wildman–Crippen MR) is 278 cm³/mol. The Balaban J connectivity index is 1.19. The molecule has 0 spiro atoms. The third kappa shape index (κ3) is 15.5. The van der Waals surface area contributed by atoms with Crippen LogP contribution in [0, 0.1) is 5.92 Å². The van der Waals surface area contributed by atoms with Crippen LogP contribution in [0.2, 0.25) is 0 Å². The number of aliphatic hydroxyl groups is 1. The van der Waals surface area contributed by atoms with Crippen molar-refractivity contribution >= 4 is 51.5 Å². The van der Waals surface area contributed by atoms with Gasteiger partial charge in [-0.2, -0.15) is 0 Å². The zero-order chi connectivity index (χ0) is 51.4. The lowest BCUT2D eigenvalue weighted by molar-refractivity contribution is -0.135. The Morgan fingerprint density at radius 1 is 0.699 bits per heavy atom. The number of carboxylic acids is 1. The van der Waals surface area contributed by atoms with Crippen molar-refractivity contribution in [2.75, 3.05) is 74.5 Å². The van der Waals surface area contributed by atoms with Gasteiger partial charge in [-0.15, -0.1) is 5.10 Å².